The normalized spacial score (nSPS) is 13.8. The summed E-state index contributed by atoms with van der Waals surface area (Å²) in [6, 6.07) is 6.26. The fourth-order valence-electron chi connectivity index (χ4n) is 2.55. The van der Waals surface area contributed by atoms with E-state index >= 15 is 0 Å². The van der Waals surface area contributed by atoms with Gasteiger partial charge in [0.15, 0.2) is 5.82 Å². The summed E-state index contributed by atoms with van der Waals surface area (Å²) in [6.45, 7) is -0.214. The third kappa shape index (κ3) is 3.41. The summed E-state index contributed by atoms with van der Waals surface area (Å²) < 4.78 is 28.9. The summed E-state index contributed by atoms with van der Waals surface area (Å²) in [5.41, 5.74) is 2.47. The first-order chi connectivity index (χ1) is 11.0. The van der Waals surface area contributed by atoms with Gasteiger partial charge in [-0.15, -0.1) is 0 Å². The summed E-state index contributed by atoms with van der Waals surface area (Å²) in [4.78, 5) is 13.3. The largest absolute Gasteiger partial charge is 0.435 e. The first-order valence-corrected chi connectivity index (χ1v) is 7.16. The van der Waals surface area contributed by atoms with Gasteiger partial charge in [0.25, 0.3) is 0 Å². The van der Waals surface area contributed by atoms with Crippen molar-refractivity contribution >= 4 is 17.4 Å². The van der Waals surface area contributed by atoms with Gasteiger partial charge in [0.2, 0.25) is 5.91 Å². The molecule has 0 fully saturated rings. The molecule has 6 nitrogen and oxygen atoms in total. The Morgan fingerprint density at radius 1 is 1.48 bits per heavy atom. The van der Waals surface area contributed by atoms with Gasteiger partial charge in [-0.3, -0.25) is 9.89 Å². The maximum absolute atomic E-state index is 12.3. The van der Waals surface area contributed by atoms with Crippen LogP contribution in [0.5, 0.6) is 5.75 Å². The van der Waals surface area contributed by atoms with Crippen molar-refractivity contribution in [2.45, 2.75) is 26.5 Å². The molecular weight excluding hydrogens is 306 g/mol. The predicted molar refractivity (Wildman–Crippen MR) is 79.7 cm³/mol. The minimum Gasteiger partial charge on any atom is -0.435 e. The van der Waals surface area contributed by atoms with Crippen LogP contribution in [0.3, 0.4) is 0 Å². The van der Waals surface area contributed by atoms with Gasteiger partial charge in [0.1, 0.15) is 5.75 Å². The Morgan fingerprint density at radius 2 is 2.30 bits per heavy atom. The number of amides is 1. The zero-order chi connectivity index (χ0) is 16.4. The van der Waals surface area contributed by atoms with Crippen LogP contribution in [0.15, 0.2) is 24.3 Å². The topological polar surface area (TPSA) is 70.2 Å². The minimum absolute atomic E-state index is 0.00938. The van der Waals surface area contributed by atoms with Crippen LogP contribution in [0.25, 0.3) is 0 Å². The van der Waals surface area contributed by atoms with Gasteiger partial charge in [0, 0.05) is 42.9 Å². The predicted octanol–water partition coefficient (Wildman–Crippen LogP) is 2.66. The van der Waals surface area contributed by atoms with Gasteiger partial charge in [0.05, 0.1) is 6.54 Å². The zero-order valence-electron chi connectivity index (χ0n) is 12.5. The van der Waals surface area contributed by atoms with Crippen LogP contribution in [0.1, 0.15) is 18.2 Å². The Bertz CT molecular complexity index is 717. The highest BCUT2D eigenvalue weighted by molar-refractivity contribution is 5.74. The quantitative estimate of drug-likeness (QED) is 0.908. The summed E-state index contributed by atoms with van der Waals surface area (Å²) >= 11 is 0. The molecule has 0 saturated heterocycles. The number of fused-ring (bicyclic) bond motifs is 1. The molecule has 23 heavy (non-hydrogen) atoms. The number of H-pyrrole nitrogens is 1. The highest BCUT2D eigenvalue weighted by Gasteiger charge is 2.23. The maximum atomic E-state index is 12.3. The highest BCUT2D eigenvalue weighted by Crippen LogP contribution is 2.28. The number of rotatable bonds is 4. The van der Waals surface area contributed by atoms with Crippen molar-refractivity contribution in [2.75, 3.05) is 11.9 Å². The van der Waals surface area contributed by atoms with Crippen LogP contribution in [0, 0.1) is 0 Å². The fraction of sp³-hybridized carbons (Fsp3) is 0.333. The summed E-state index contributed by atoms with van der Waals surface area (Å²) in [6.07, 6.45) is 0.706. The number of carbonyl (C=O) groups is 1. The van der Waals surface area contributed by atoms with Crippen molar-refractivity contribution in [1.29, 1.82) is 0 Å². The summed E-state index contributed by atoms with van der Waals surface area (Å²) in [5, 5.41) is 10.2. The molecular formula is C15H16F2N4O2. The number of aromatic nitrogens is 2. The van der Waals surface area contributed by atoms with Gasteiger partial charge >= 0.3 is 6.61 Å². The first kappa shape index (κ1) is 15.3. The molecule has 1 amide bonds. The number of aromatic amines is 1. The van der Waals surface area contributed by atoms with Crippen molar-refractivity contribution in [3.63, 3.8) is 0 Å². The van der Waals surface area contributed by atoms with Crippen molar-refractivity contribution in [1.82, 2.24) is 15.1 Å². The van der Waals surface area contributed by atoms with Crippen molar-refractivity contribution in [3.8, 4) is 5.75 Å². The fourth-order valence-corrected chi connectivity index (χ4v) is 2.55. The van der Waals surface area contributed by atoms with E-state index in [2.05, 4.69) is 20.3 Å². The molecule has 0 bridgehead atoms. The molecule has 2 heterocycles. The van der Waals surface area contributed by atoms with E-state index in [1.54, 1.807) is 17.0 Å². The molecule has 0 atom stereocenters. The number of hydrogen-bond donors (Lipinski definition) is 2. The van der Waals surface area contributed by atoms with Crippen molar-refractivity contribution < 1.29 is 18.3 Å². The maximum Gasteiger partial charge on any atom is 0.387 e. The number of alkyl halides is 2. The molecule has 0 spiro atoms. The molecule has 1 aromatic heterocycles. The average Bonchev–Trinajstić information content (AvgIpc) is 2.89. The molecule has 1 aliphatic rings. The molecule has 122 valence electrons. The minimum atomic E-state index is -2.87. The van der Waals surface area contributed by atoms with Gasteiger partial charge in [-0.2, -0.15) is 13.9 Å². The van der Waals surface area contributed by atoms with E-state index in [0.29, 0.717) is 31.0 Å². The van der Waals surface area contributed by atoms with E-state index in [1.807, 2.05) is 0 Å². The lowest BCUT2D eigenvalue weighted by molar-refractivity contribution is -0.129. The van der Waals surface area contributed by atoms with Gasteiger partial charge in [-0.1, -0.05) is 6.07 Å². The van der Waals surface area contributed by atoms with Crippen LogP contribution in [-0.2, 0) is 17.8 Å². The van der Waals surface area contributed by atoms with Crippen molar-refractivity contribution in [2.24, 2.45) is 0 Å². The average molecular weight is 322 g/mol. The molecule has 2 aromatic rings. The van der Waals surface area contributed by atoms with E-state index in [9.17, 15) is 13.6 Å². The Hall–Kier alpha value is -2.64. The zero-order valence-corrected chi connectivity index (χ0v) is 12.5. The van der Waals surface area contributed by atoms with Gasteiger partial charge in [-0.05, 0) is 12.1 Å². The second kappa shape index (κ2) is 6.23. The molecule has 8 heteroatoms. The first-order valence-electron chi connectivity index (χ1n) is 7.16. The number of ether oxygens (including phenoxy) is 1. The number of carbonyl (C=O) groups excluding carboxylic acids is 1. The second-order valence-corrected chi connectivity index (χ2v) is 5.25. The lowest BCUT2D eigenvalue weighted by atomic mass is 10.1. The van der Waals surface area contributed by atoms with Gasteiger partial charge in [-0.25, -0.2) is 0 Å². The molecule has 0 aliphatic carbocycles. The van der Waals surface area contributed by atoms with E-state index in [-0.39, 0.29) is 11.7 Å². The van der Waals surface area contributed by atoms with Gasteiger partial charge < -0.3 is 15.0 Å². The van der Waals surface area contributed by atoms with E-state index in [1.165, 1.54) is 19.1 Å². The van der Waals surface area contributed by atoms with Crippen LogP contribution in [0.2, 0.25) is 0 Å². The third-order valence-electron chi connectivity index (χ3n) is 3.70. The van der Waals surface area contributed by atoms with E-state index in [0.717, 1.165) is 11.3 Å². The Labute approximate surface area is 131 Å². The van der Waals surface area contributed by atoms with Crippen LogP contribution < -0.4 is 10.1 Å². The lowest BCUT2D eigenvalue weighted by Gasteiger charge is -2.25. The monoisotopic (exact) mass is 322 g/mol. The number of benzene rings is 1. The Balaban J connectivity index is 1.79. The summed E-state index contributed by atoms with van der Waals surface area (Å²) in [7, 11) is 0. The smallest absolute Gasteiger partial charge is 0.387 e. The lowest BCUT2D eigenvalue weighted by Crippen LogP contribution is -2.34. The standard InChI is InChI=1S/C15H16F2N4O2/c1-9(22)21-6-5-13-12(8-21)14(20-19-13)18-10-3-2-4-11(7-10)23-15(16)17/h2-4,7,15H,5-6,8H2,1H3,(H2,18,19,20). The van der Waals surface area contributed by atoms with E-state index in [4.69, 9.17) is 0 Å². The number of anilines is 2. The SMILES string of the molecule is CC(=O)N1CCc2[nH]nc(Nc3cccc(OC(F)F)c3)c2C1. The second-order valence-electron chi connectivity index (χ2n) is 5.25. The molecule has 0 unspecified atom stereocenters. The molecule has 2 N–H and O–H groups in total. The van der Waals surface area contributed by atoms with Crippen LogP contribution in [-0.4, -0.2) is 34.2 Å². The van der Waals surface area contributed by atoms with E-state index < -0.39 is 6.61 Å². The van der Waals surface area contributed by atoms with Crippen LogP contribution >= 0.6 is 0 Å². The Kier molecular flexibility index (Phi) is 4.14. The molecule has 3 rings (SSSR count). The third-order valence-corrected chi connectivity index (χ3v) is 3.70. The molecule has 0 radical (unpaired) electrons. The number of nitrogens with zero attached hydrogens (tertiary/aromatic N) is 2. The number of halogens is 2. The summed E-state index contributed by atoms with van der Waals surface area (Å²) in [5.74, 6) is 0.662. The molecule has 1 aromatic carbocycles. The Morgan fingerprint density at radius 3 is 3.04 bits per heavy atom. The van der Waals surface area contributed by atoms with Crippen molar-refractivity contribution in [3.05, 3.63) is 35.5 Å². The molecule has 1 aliphatic heterocycles. The highest BCUT2D eigenvalue weighted by atomic mass is 19.3. The number of hydrogen-bond acceptors (Lipinski definition) is 4. The molecule has 0 saturated carbocycles. The number of nitrogens with one attached hydrogen (secondary N) is 2. The van der Waals surface area contributed by atoms with Crippen LogP contribution in [0.4, 0.5) is 20.3 Å².